The smallest absolute Gasteiger partial charge is 0.156 e. The molecule has 0 unspecified atom stereocenters. The van der Waals surface area contributed by atoms with Crippen LogP contribution in [0.3, 0.4) is 0 Å². The molecule has 1 aromatic rings. The lowest BCUT2D eigenvalue weighted by atomic mass is 10.1. The van der Waals surface area contributed by atoms with Gasteiger partial charge in [0, 0.05) is 0 Å². The largest absolute Gasteiger partial charge is 0.204 e. The Hall–Kier alpha value is -0.0800. The van der Waals surface area contributed by atoms with Crippen molar-refractivity contribution in [2.24, 2.45) is 0 Å². The molecule has 0 aliphatic carbocycles. The fourth-order valence-corrected chi connectivity index (χ4v) is 1.83. The van der Waals surface area contributed by atoms with Crippen LogP contribution in [0.1, 0.15) is 25.3 Å². The van der Waals surface area contributed by atoms with Crippen LogP contribution in [0.15, 0.2) is 16.6 Å². The normalized spacial score (nSPS) is 10.5. The van der Waals surface area contributed by atoms with Crippen LogP contribution >= 0.6 is 27.5 Å². The Bertz CT molecular complexity index is 299. The highest BCUT2D eigenvalue weighted by molar-refractivity contribution is 9.10. The lowest BCUT2D eigenvalue weighted by molar-refractivity contribution is 0.618. The van der Waals surface area contributed by atoms with E-state index >= 15 is 0 Å². The molecule has 0 aliphatic rings. The maximum atomic E-state index is 13.2. The fraction of sp³-hybridized carbons (Fsp3) is 0.400. The lowest BCUT2D eigenvalue weighted by Gasteiger charge is -2.05. The van der Waals surface area contributed by atoms with E-state index in [4.69, 9.17) is 11.6 Å². The van der Waals surface area contributed by atoms with Crippen molar-refractivity contribution in [3.8, 4) is 0 Å². The second-order valence-corrected chi connectivity index (χ2v) is 4.17. The number of unbranched alkanes of at least 4 members (excludes halogenated alkanes) is 1. The van der Waals surface area contributed by atoms with Gasteiger partial charge in [-0.15, -0.1) is 0 Å². The van der Waals surface area contributed by atoms with Crippen LogP contribution in [-0.4, -0.2) is 0 Å². The third-order valence-corrected chi connectivity index (χ3v) is 2.94. The summed E-state index contributed by atoms with van der Waals surface area (Å²) in [5.41, 5.74) is 0.893. The van der Waals surface area contributed by atoms with Gasteiger partial charge in [0.25, 0.3) is 0 Å². The quantitative estimate of drug-likeness (QED) is 0.702. The van der Waals surface area contributed by atoms with Crippen molar-refractivity contribution in [1.29, 1.82) is 0 Å². The number of hydrogen-bond donors (Lipinski definition) is 0. The van der Waals surface area contributed by atoms with E-state index in [2.05, 4.69) is 22.9 Å². The van der Waals surface area contributed by atoms with Gasteiger partial charge >= 0.3 is 0 Å². The summed E-state index contributed by atoms with van der Waals surface area (Å²) in [5, 5.41) is 0.253. The van der Waals surface area contributed by atoms with E-state index in [0.717, 1.165) is 24.8 Å². The van der Waals surface area contributed by atoms with Gasteiger partial charge in [0.2, 0.25) is 0 Å². The van der Waals surface area contributed by atoms with Gasteiger partial charge in [-0.2, -0.15) is 0 Å². The molecule has 1 rings (SSSR count). The minimum absolute atomic E-state index is 0.253. The molecule has 0 spiro atoms. The van der Waals surface area contributed by atoms with E-state index in [1.54, 1.807) is 6.07 Å². The van der Waals surface area contributed by atoms with Gasteiger partial charge in [0.1, 0.15) is 0 Å². The molecule has 0 aromatic heterocycles. The van der Waals surface area contributed by atoms with Crippen LogP contribution < -0.4 is 0 Å². The molecule has 0 bridgehead atoms. The molecule has 0 radical (unpaired) electrons. The van der Waals surface area contributed by atoms with Gasteiger partial charge in [-0.1, -0.05) is 31.0 Å². The van der Waals surface area contributed by atoms with Crippen molar-refractivity contribution in [2.75, 3.05) is 0 Å². The fourth-order valence-electron chi connectivity index (χ4n) is 1.13. The number of benzene rings is 1. The van der Waals surface area contributed by atoms with Crippen molar-refractivity contribution in [1.82, 2.24) is 0 Å². The molecule has 0 aliphatic heterocycles. The predicted octanol–water partition coefficient (Wildman–Crippen LogP) is 4.58. The number of hydrogen-bond acceptors (Lipinski definition) is 0. The first-order valence-electron chi connectivity index (χ1n) is 4.29. The average Bonchev–Trinajstić information content (AvgIpc) is 2.13. The van der Waals surface area contributed by atoms with E-state index in [1.165, 1.54) is 0 Å². The monoisotopic (exact) mass is 264 g/mol. The first-order valence-corrected chi connectivity index (χ1v) is 5.46. The van der Waals surface area contributed by atoms with Crippen LogP contribution in [0, 0.1) is 5.82 Å². The zero-order valence-corrected chi connectivity index (χ0v) is 9.75. The summed E-state index contributed by atoms with van der Waals surface area (Å²) >= 11 is 8.92. The molecule has 0 saturated carbocycles. The molecule has 0 atom stereocenters. The molecule has 13 heavy (non-hydrogen) atoms. The molecular weight excluding hydrogens is 254 g/mol. The number of rotatable bonds is 3. The molecule has 0 nitrogen and oxygen atoms in total. The van der Waals surface area contributed by atoms with Gasteiger partial charge in [0.05, 0.1) is 9.50 Å². The molecular formula is C10H11BrClF. The molecule has 0 amide bonds. The van der Waals surface area contributed by atoms with Gasteiger partial charge in [-0.05, 0) is 40.4 Å². The highest BCUT2D eigenvalue weighted by Crippen LogP contribution is 2.27. The molecule has 0 N–H and O–H groups in total. The third kappa shape index (κ3) is 2.68. The Kier molecular flexibility index (Phi) is 4.20. The van der Waals surface area contributed by atoms with E-state index < -0.39 is 0 Å². The summed E-state index contributed by atoms with van der Waals surface area (Å²) in [5.74, 6) is -0.352. The first-order chi connectivity index (χ1) is 6.16. The van der Waals surface area contributed by atoms with Crippen LogP contribution in [-0.2, 0) is 6.42 Å². The Morgan fingerprint density at radius 1 is 1.46 bits per heavy atom. The van der Waals surface area contributed by atoms with Crippen LogP contribution in [0.25, 0.3) is 0 Å². The Balaban J connectivity index is 2.90. The van der Waals surface area contributed by atoms with Crippen molar-refractivity contribution >= 4 is 27.5 Å². The zero-order valence-electron chi connectivity index (χ0n) is 7.41. The first kappa shape index (κ1) is 11.0. The SMILES string of the molecule is CCCCc1ccc(Br)c(F)c1Cl. The zero-order chi connectivity index (χ0) is 9.84. The van der Waals surface area contributed by atoms with Crippen LogP contribution in [0.5, 0.6) is 0 Å². The molecule has 1 aromatic carbocycles. The highest BCUT2D eigenvalue weighted by Gasteiger charge is 2.08. The summed E-state index contributed by atoms with van der Waals surface area (Å²) in [6.07, 6.45) is 2.98. The molecule has 72 valence electrons. The average molecular weight is 266 g/mol. The summed E-state index contributed by atoms with van der Waals surface area (Å²) in [6, 6.07) is 3.57. The lowest BCUT2D eigenvalue weighted by Crippen LogP contribution is -1.90. The third-order valence-electron chi connectivity index (χ3n) is 1.91. The van der Waals surface area contributed by atoms with Gasteiger partial charge in [0.15, 0.2) is 5.82 Å². The highest BCUT2D eigenvalue weighted by atomic mass is 79.9. The Morgan fingerprint density at radius 2 is 2.15 bits per heavy atom. The van der Waals surface area contributed by atoms with Gasteiger partial charge in [-0.25, -0.2) is 4.39 Å². The minimum atomic E-state index is -0.352. The Morgan fingerprint density at radius 3 is 2.77 bits per heavy atom. The summed E-state index contributed by atoms with van der Waals surface area (Å²) in [6.45, 7) is 2.10. The minimum Gasteiger partial charge on any atom is -0.204 e. The standard InChI is InChI=1S/C10H11BrClF/c1-2-3-4-7-5-6-8(11)10(13)9(7)12/h5-6H,2-4H2,1H3. The van der Waals surface area contributed by atoms with Crippen LogP contribution in [0.4, 0.5) is 4.39 Å². The van der Waals surface area contributed by atoms with E-state index in [1.807, 2.05) is 6.07 Å². The van der Waals surface area contributed by atoms with Crippen molar-refractivity contribution < 1.29 is 4.39 Å². The van der Waals surface area contributed by atoms with Gasteiger partial charge < -0.3 is 0 Å². The summed E-state index contributed by atoms with van der Waals surface area (Å²) in [4.78, 5) is 0. The topological polar surface area (TPSA) is 0 Å². The second-order valence-electron chi connectivity index (χ2n) is 2.94. The van der Waals surface area contributed by atoms with E-state index in [-0.39, 0.29) is 10.8 Å². The maximum Gasteiger partial charge on any atom is 0.156 e. The summed E-state index contributed by atoms with van der Waals surface area (Å²) in [7, 11) is 0. The summed E-state index contributed by atoms with van der Waals surface area (Å²) < 4.78 is 13.7. The molecule has 0 fully saturated rings. The number of aryl methyl sites for hydroxylation is 1. The van der Waals surface area contributed by atoms with E-state index in [0.29, 0.717) is 4.47 Å². The number of halogens is 3. The second kappa shape index (κ2) is 4.97. The van der Waals surface area contributed by atoms with Gasteiger partial charge in [-0.3, -0.25) is 0 Å². The van der Waals surface area contributed by atoms with Crippen molar-refractivity contribution in [3.63, 3.8) is 0 Å². The Labute approximate surface area is 91.2 Å². The molecule has 0 heterocycles. The van der Waals surface area contributed by atoms with Crippen molar-refractivity contribution in [3.05, 3.63) is 33.0 Å². The predicted molar refractivity (Wildman–Crippen MR) is 57.7 cm³/mol. The van der Waals surface area contributed by atoms with Crippen molar-refractivity contribution in [2.45, 2.75) is 26.2 Å². The van der Waals surface area contributed by atoms with E-state index in [9.17, 15) is 4.39 Å². The van der Waals surface area contributed by atoms with Crippen LogP contribution in [0.2, 0.25) is 5.02 Å². The molecule has 3 heteroatoms. The molecule has 0 saturated heterocycles. The maximum absolute atomic E-state index is 13.2.